The zero-order valence-corrected chi connectivity index (χ0v) is 27.1. The molecule has 4 amide bonds. The van der Waals surface area contributed by atoms with Crippen LogP contribution in [0.5, 0.6) is 5.75 Å². The lowest BCUT2D eigenvalue weighted by Gasteiger charge is -2.28. The van der Waals surface area contributed by atoms with Gasteiger partial charge >= 0.3 is 12.3 Å². The molecule has 50 heavy (non-hydrogen) atoms. The molecule has 15 heteroatoms. The van der Waals surface area contributed by atoms with Crippen LogP contribution in [-0.4, -0.2) is 83.0 Å². The molecule has 0 fully saturated rings. The van der Waals surface area contributed by atoms with E-state index >= 15 is 0 Å². The number of likely N-dealkylation sites (N-methyl/N-ethyl adjacent to an activating group) is 1. The molecule has 5 rings (SSSR count). The van der Waals surface area contributed by atoms with Gasteiger partial charge in [-0.3, -0.25) is 29.1 Å². The molecule has 260 valence electrons. The molecule has 12 nitrogen and oxygen atoms in total. The highest BCUT2D eigenvalue weighted by Gasteiger charge is 2.39. The van der Waals surface area contributed by atoms with Crippen molar-refractivity contribution in [2.75, 3.05) is 30.0 Å². The SMILES string of the molecule is CC(=O)c1ccc(C(=O)N2C[C@H](NC(=O)[C@H](C)N(C)C(=O)O)C(=O)N(Cc3c(OCC(F)(F)F)cnc4ccccc34)c3ccccc32)cc1. The number of alkyl halides is 3. The van der Waals surface area contributed by atoms with Crippen LogP contribution < -0.4 is 19.9 Å². The highest BCUT2D eigenvalue weighted by molar-refractivity contribution is 6.13. The Morgan fingerprint density at radius 2 is 1.62 bits per heavy atom. The predicted octanol–water partition coefficient (Wildman–Crippen LogP) is 5.06. The average molecular weight is 692 g/mol. The number of nitrogens with one attached hydrogen (secondary N) is 1. The van der Waals surface area contributed by atoms with E-state index < -0.39 is 55.2 Å². The molecule has 2 heterocycles. The summed E-state index contributed by atoms with van der Waals surface area (Å²) in [6.45, 7) is 0.318. The number of Topliss-reactive ketones (excluding diaryl/α,β-unsaturated/α-hetero) is 1. The standard InChI is InChI=1S/C35H32F3N5O7/c1-20(41(3)34(48)49)31(45)40-27-18-43(32(46)23-14-12-22(13-15-23)21(2)44)29-11-7-6-10-28(29)42(33(27)47)17-25-24-8-4-5-9-26(24)39-16-30(25)50-19-35(36,37)38/h4-16,20,27H,17-19H2,1-3H3,(H,40,45)(H,48,49)/t20-,27-/m0/s1. The molecule has 2 N–H and O–H groups in total. The van der Waals surface area contributed by atoms with Crippen molar-refractivity contribution in [2.45, 2.75) is 38.7 Å². The number of fused-ring (bicyclic) bond motifs is 2. The van der Waals surface area contributed by atoms with Crippen molar-refractivity contribution in [1.82, 2.24) is 15.2 Å². The monoisotopic (exact) mass is 691 g/mol. The Morgan fingerprint density at radius 3 is 2.26 bits per heavy atom. The van der Waals surface area contributed by atoms with Crippen LogP contribution in [0.15, 0.2) is 79.0 Å². The van der Waals surface area contributed by atoms with Crippen molar-refractivity contribution in [3.63, 3.8) is 0 Å². The van der Waals surface area contributed by atoms with Gasteiger partial charge < -0.3 is 25.0 Å². The summed E-state index contributed by atoms with van der Waals surface area (Å²) in [5.41, 5.74) is 1.57. The summed E-state index contributed by atoms with van der Waals surface area (Å²) in [6, 6.07) is 16.2. The number of carbonyl (C=O) groups is 5. The third kappa shape index (κ3) is 7.51. The first-order valence-corrected chi connectivity index (χ1v) is 15.3. The minimum Gasteiger partial charge on any atom is -0.482 e. The molecule has 3 aromatic carbocycles. The maximum Gasteiger partial charge on any atom is 0.422 e. The molecular weight excluding hydrogens is 659 g/mol. The number of ketones is 1. The minimum absolute atomic E-state index is 0.165. The van der Waals surface area contributed by atoms with E-state index in [0.717, 1.165) is 11.1 Å². The number of ether oxygens (including phenoxy) is 1. The number of pyridine rings is 1. The molecule has 2 atom stereocenters. The third-order valence-electron chi connectivity index (χ3n) is 8.31. The fourth-order valence-corrected chi connectivity index (χ4v) is 5.47. The summed E-state index contributed by atoms with van der Waals surface area (Å²) < 4.78 is 45.0. The minimum atomic E-state index is -4.67. The Kier molecular flexibility index (Phi) is 10.1. The quantitative estimate of drug-likeness (QED) is 0.232. The van der Waals surface area contributed by atoms with Gasteiger partial charge in [0.25, 0.3) is 11.8 Å². The number of anilines is 2. The van der Waals surface area contributed by atoms with Gasteiger partial charge in [-0.1, -0.05) is 42.5 Å². The predicted molar refractivity (Wildman–Crippen MR) is 176 cm³/mol. The molecule has 0 saturated heterocycles. The van der Waals surface area contributed by atoms with E-state index in [1.54, 1.807) is 48.5 Å². The van der Waals surface area contributed by atoms with E-state index in [1.165, 1.54) is 55.0 Å². The summed E-state index contributed by atoms with van der Waals surface area (Å²) in [4.78, 5) is 72.9. The van der Waals surface area contributed by atoms with Gasteiger partial charge in [-0.25, -0.2) is 4.79 Å². The highest BCUT2D eigenvalue weighted by Crippen LogP contribution is 2.37. The number of benzene rings is 3. The van der Waals surface area contributed by atoms with Crippen LogP contribution in [0.4, 0.5) is 29.3 Å². The first kappa shape index (κ1) is 35.3. The van der Waals surface area contributed by atoms with E-state index in [0.29, 0.717) is 16.5 Å². The highest BCUT2D eigenvalue weighted by atomic mass is 19.4. The van der Waals surface area contributed by atoms with Gasteiger partial charge in [-0.05, 0) is 44.2 Å². The van der Waals surface area contributed by atoms with Gasteiger partial charge in [-0.2, -0.15) is 13.2 Å². The number of para-hydroxylation sites is 3. The van der Waals surface area contributed by atoms with Crippen LogP contribution in [0.2, 0.25) is 0 Å². The normalized spacial score (nSPS) is 15.2. The molecule has 1 aromatic heterocycles. The second kappa shape index (κ2) is 14.2. The van der Waals surface area contributed by atoms with Crippen LogP contribution in [0.3, 0.4) is 0 Å². The summed E-state index contributed by atoms with van der Waals surface area (Å²) in [6.07, 6.45) is -4.93. The second-order valence-electron chi connectivity index (χ2n) is 11.6. The molecule has 0 aliphatic carbocycles. The number of amides is 4. The van der Waals surface area contributed by atoms with Crippen LogP contribution in [0, 0.1) is 0 Å². The lowest BCUT2D eigenvalue weighted by molar-refractivity contribution is -0.153. The Hall–Kier alpha value is -5.99. The summed E-state index contributed by atoms with van der Waals surface area (Å²) in [5.74, 6) is -2.59. The number of carboxylic acid groups (broad SMARTS) is 1. The third-order valence-corrected chi connectivity index (χ3v) is 8.31. The number of hydrogen-bond acceptors (Lipinski definition) is 7. The lowest BCUT2D eigenvalue weighted by Crippen LogP contribution is -2.56. The maximum absolute atomic E-state index is 14.5. The summed E-state index contributed by atoms with van der Waals surface area (Å²) in [7, 11) is 1.18. The van der Waals surface area contributed by atoms with Gasteiger partial charge in [0.1, 0.15) is 17.8 Å². The van der Waals surface area contributed by atoms with Crippen molar-refractivity contribution in [1.29, 1.82) is 0 Å². The Balaban J connectivity index is 1.64. The van der Waals surface area contributed by atoms with E-state index in [1.807, 2.05) is 0 Å². The smallest absolute Gasteiger partial charge is 0.422 e. The zero-order valence-electron chi connectivity index (χ0n) is 27.1. The van der Waals surface area contributed by atoms with Crippen molar-refractivity contribution in [2.24, 2.45) is 0 Å². The topological polar surface area (TPSA) is 149 Å². The second-order valence-corrected chi connectivity index (χ2v) is 11.6. The molecule has 4 aromatic rings. The fraction of sp³-hybridized carbons (Fsp3) is 0.257. The van der Waals surface area contributed by atoms with Crippen molar-refractivity contribution >= 4 is 51.9 Å². The van der Waals surface area contributed by atoms with Gasteiger partial charge in [0, 0.05) is 29.1 Å². The molecule has 1 aliphatic heterocycles. The van der Waals surface area contributed by atoms with Crippen molar-refractivity contribution < 1.29 is 47.0 Å². The molecule has 0 radical (unpaired) electrons. The molecule has 0 unspecified atom stereocenters. The van der Waals surface area contributed by atoms with Crippen LogP contribution in [0.1, 0.15) is 40.1 Å². The van der Waals surface area contributed by atoms with Crippen LogP contribution >= 0.6 is 0 Å². The molecule has 0 saturated carbocycles. The average Bonchev–Trinajstić information content (AvgIpc) is 3.20. The number of aromatic nitrogens is 1. The number of carbonyl (C=O) groups excluding carboxylic acids is 4. The number of nitrogens with zero attached hydrogens (tertiary/aromatic N) is 4. The molecule has 0 spiro atoms. The van der Waals surface area contributed by atoms with Crippen LogP contribution in [-0.2, 0) is 16.1 Å². The molecule has 1 aliphatic rings. The van der Waals surface area contributed by atoms with E-state index in [-0.39, 0.29) is 40.6 Å². The lowest BCUT2D eigenvalue weighted by atomic mass is 10.1. The van der Waals surface area contributed by atoms with Crippen LogP contribution in [0.25, 0.3) is 10.9 Å². The molecular formula is C35H32F3N5O7. The number of hydrogen-bond donors (Lipinski definition) is 2. The van der Waals surface area contributed by atoms with Crippen molar-refractivity contribution in [3.05, 3.63) is 95.7 Å². The molecule has 0 bridgehead atoms. The van der Waals surface area contributed by atoms with Gasteiger partial charge in [-0.15, -0.1) is 0 Å². The van der Waals surface area contributed by atoms with E-state index in [2.05, 4.69) is 10.3 Å². The van der Waals surface area contributed by atoms with Crippen molar-refractivity contribution in [3.8, 4) is 5.75 Å². The van der Waals surface area contributed by atoms with E-state index in [4.69, 9.17) is 4.74 Å². The van der Waals surface area contributed by atoms with Gasteiger partial charge in [0.2, 0.25) is 5.91 Å². The Labute approximate surface area is 284 Å². The van der Waals surface area contributed by atoms with Gasteiger partial charge in [0.05, 0.1) is 36.2 Å². The van der Waals surface area contributed by atoms with E-state index in [9.17, 15) is 42.3 Å². The first-order chi connectivity index (χ1) is 23.7. The fourth-order valence-electron chi connectivity index (χ4n) is 5.47. The number of rotatable bonds is 9. The Morgan fingerprint density at radius 1 is 1.00 bits per heavy atom. The zero-order chi connectivity index (χ0) is 36.3. The summed E-state index contributed by atoms with van der Waals surface area (Å²) in [5, 5.41) is 12.4. The Bertz CT molecular complexity index is 1970. The summed E-state index contributed by atoms with van der Waals surface area (Å²) >= 11 is 0. The first-order valence-electron chi connectivity index (χ1n) is 15.3. The largest absolute Gasteiger partial charge is 0.482 e. The number of halogens is 3. The van der Waals surface area contributed by atoms with Gasteiger partial charge in [0.15, 0.2) is 12.4 Å². The maximum atomic E-state index is 14.5.